The molecule has 2 heterocycles. The molecule has 0 radical (unpaired) electrons. The van der Waals surface area contributed by atoms with Crippen LogP contribution in [-0.2, 0) is 13.0 Å². The number of H-pyrrole nitrogens is 1. The highest BCUT2D eigenvalue weighted by atomic mass is 16.5. The number of hydrogen-bond donors (Lipinski definition) is 1. The van der Waals surface area contributed by atoms with Crippen LogP contribution in [0, 0.1) is 0 Å². The molecule has 0 fully saturated rings. The van der Waals surface area contributed by atoms with Crippen molar-refractivity contribution in [2.45, 2.75) is 19.0 Å². The summed E-state index contributed by atoms with van der Waals surface area (Å²) in [5.41, 5.74) is 6.33. The maximum absolute atomic E-state index is 5.59. The number of para-hydroxylation sites is 1. The molecular formula is C27H28N2O3. The first-order valence-electron chi connectivity index (χ1n) is 10.9. The van der Waals surface area contributed by atoms with Gasteiger partial charge in [-0.05, 0) is 41.3 Å². The van der Waals surface area contributed by atoms with E-state index in [1.165, 1.54) is 27.7 Å². The Morgan fingerprint density at radius 2 is 1.56 bits per heavy atom. The molecule has 1 aliphatic rings. The summed E-state index contributed by atoms with van der Waals surface area (Å²) in [4.78, 5) is 6.25. The van der Waals surface area contributed by atoms with Gasteiger partial charge in [0.15, 0.2) is 11.5 Å². The number of fused-ring (bicyclic) bond motifs is 3. The third kappa shape index (κ3) is 3.49. The average Bonchev–Trinajstić information content (AvgIpc) is 3.22. The van der Waals surface area contributed by atoms with Gasteiger partial charge in [-0.2, -0.15) is 0 Å². The van der Waals surface area contributed by atoms with Gasteiger partial charge in [0, 0.05) is 29.7 Å². The molecule has 1 aliphatic heterocycles. The molecule has 0 bridgehead atoms. The second-order valence-corrected chi connectivity index (χ2v) is 8.13. The van der Waals surface area contributed by atoms with Crippen molar-refractivity contribution in [3.05, 3.63) is 89.1 Å². The number of methoxy groups -OCH3 is 3. The number of hydrogen-bond acceptors (Lipinski definition) is 4. The van der Waals surface area contributed by atoms with E-state index in [9.17, 15) is 0 Å². The van der Waals surface area contributed by atoms with Crippen molar-refractivity contribution in [3.63, 3.8) is 0 Å². The van der Waals surface area contributed by atoms with E-state index < -0.39 is 0 Å². The fourth-order valence-corrected chi connectivity index (χ4v) is 4.94. The van der Waals surface area contributed by atoms with E-state index in [2.05, 4.69) is 64.5 Å². The van der Waals surface area contributed by atoms with Gasteiger partial charge in [0.25, 0.3) is 0 Å². The lowest BCUT2D eigenvalue weighted by Gasteiger charge is -2.36. The molecule has 1 N–H and O–H groups in total. The molecular weight excluding hydrogens is 400 g/mol. The van der Waals surface area contributed by atoms with Crippen molar-refractivity contribution in [1.82, 2.24) is 9.88 Å². The van der Waals surface area contributed by atoms with Crippen molar-refractivity contribution in [2.75, 3.05) is 27.9 Å². The SMILES string of the molecule is COc1cc(CN2CCc3c([nH]c4ccccc34)C2c2ccccc2)cc(OC)c1OC. The highest BCUT2D eigenvalue weighted by molar-refractivity contribution is 5.85. The normalized spacial score (nSPS) is 16.0. The summed E-state index contributed by atoms with van der Waals surface area (Å²) >= 11 is 0. The van der Waals surface area contributed by atoms with Crippen molar-refractivity contribution in [1.29, 1.82) is 0 Å². The Kier molecular flexibility index (Phi) is 5.50. The van der Waals surface area contributed by atoms with Gasteiger partial charge in [-0.25, -0.2) is 0 Å². The van der Waals surface area contributed by atoms with Crippen LogP contribution in [0.1, 0.15) is 28.4 Å². The second-order valence-electron chi connectivity index (χ2n) is 8.13. The Morgan fingerprint density at radius 1 is 0.875 bits per heavy atom. The van der Waals surface area contributed by atoms with Crippen LogP contribution in [0.15, 0.2) is 66.7 Å². The van der Waals surface area contributed by atoms with E-state index >= 15 is 0 Å². The summed E-state index contributed by atoms with van der Waals surface area (Å²) in [6.45, 7) is 1.73. The minimum Gasteiger partial charge on any atom is -0.493 e. The standard InChI is InChI=1S/C27H28N2O3/c1-30-23-15-18(16-24(31-2)27(23)32-3)17-29-14-13-21-20-11-7-8-12-22(20)28-25(21)26(29)19-9-5-4-6-10-19/h4-12,15-16,26,28H,13-14,17H2,1-3H3. The third-order valence-electron chi connectivity index (χ3n) is 6.36. The first-order chi connectivity index (χ1) is 15.7. The zero-order valence-corrected chi connectivity index (χ0v) is 18.7. The Labute approximate surface area is 188 Å². The smallest absolute Gasteiger partial charge is 0.203 e. The molecule has 5 nitrogen and oxygen atoms in total. The molecule has 5 heteroatoms. The van der Waals surface area contributed by atoms with Gasteiger partial charge in [-0.3, -0.25) is 4.90 Å². The molecule has 0 saturated carbocycles. The Balaban J connectivity index is 1.58. The lowest BCUT2D eigenvalue weighted by atomic mass is 9.92. The number of benzene rings is 3. The Bertz CT molecular complexity index is 1210. The maximum Gasteiger partial charge on any atom is 0.203 e. The second kappa shape index (κ2) is 8.60. The maximum atomic E-state index is 5.59. The van der Waals surface area contributed by atoms with Crippen molar-refractivity contribution < 1.29 is 14.2 Å². The average molecular weight is 429 g/mol. The number of nitrogens with one attached hydrogen (secondary N) is 1. The topological polar surface area (TPSA) is 46.7 Å². The molecule has 0 saturated heterocycles. The number of nitrogens with zero attached hydrogens (tertiary/aromatic N) is 1. The lowest BCUT2D eigenvalue weighted by molar-refractivity contribution is 0.201. The van der Waals surface area contributed by atoms with Crippen LogP contribution in [0.2, 0.25) is 0 Å². The summed E-state index contributed by atoms with van der Waals surface area (Å²) in [5.74, 6) is 1.98. The van der Waals surface area contributed by atoms with E-state index in [0.717, 1.165) is 25.1 Å². The first-order valence-corrected chi connectivity index (χ1v) is 10.9. The minimum atomic E-state index is 0.145. The molecule has 3 aromatic carbocycles. The van der Waals surface area contributed by atoms with Gasteiger partial charge in [-0.1, -0.05) is 48.5 Å². The lowest BCUT2D eigenvalue weighted by Crippen LogP contribution is -2.35. The Morgan fingerprint density at radius 3 is 2.25 bits per heavy atom. The monoisotopic (exact) mass is 428 g/mol. The predicted octanol–water partition coefficient (Wildman–Crippen LogP) is 5.34. The summed E-state index contributed by atoms with van der Waals surface area (Å²) in [5, 5.41) is 1.33. The van der Waals surface area contributed by atoms with Crippen molar-refractivity contribution >= 4 is 10.9 Å². The molecule has 1 atom stereocenters. The third-order valence-corrected chi connectivity index (χ3v) is 6.36. The Hall–Kier alpha value is -3.44. The van der Waals surface area contributed by atoms with Crippen molar-refractivity contribution in [3.8, 4) is 17.2 Å². The largest absolute Gasteiger partial charge is 0.493 e. The van der Waals surface area contributed by atoms with Crippen LogP contribution in [0.4, 0.5) is 0 Å². The van der Waals surface area contributed by atoms with E-state index in [0.29, 0.717) is 17.2 Å². The molecule has 0 spiro atoms. The zero-order chi connectivity index (χ0) is 22.1. The molecule has 5 rings (SSSR count). The highest BCUT2D eigenvalue weighted by Gasteiger charge is 2.32. The van der Waals surface area contributed by atoms with Gasteiger partial charge in [0.1, 0.15) is 0 Å². The van der Waals surface area contributed by atoms with Crippen LogP contribution in [0.5, 0.6) is 17.2 Å². The minimum absolute atomic E-state index is 0.145. The summed E-state index contributed by atoms with van der Waals surface area (Å²) in [6.07, 6.45) is 1.01. The van der Waals surface area contributed by atoms with Crippen LogP contribution >= 0.6 is 0 Å². The predicted molar refractivity (Wildman–Crippen MR) is 127 cm³/mol. The molecule has 0 aliphatic carbocycles. The molecule has 0 amide bonds. The molecule has 1 aromatic heterocycles. The number of ether oxygens (including phenoxy) is 3. The molecule has 32 heavy (non-hydrogen) atoms. The molecule has 4 aromatic rings. The van der Waals surface area contributed by atoms with Gasteiger partial charge in [-0.15, -0.1) is 0 Å². The highest BCUT2D eigenvalue weighted by Crippen LogP contribution is 2.42. The van der Waals surface area contributed by atoms with Gasteiger partial charge >= 0.3 is 0 Å². The van der Waals surface area contributed by atoms with Crippen LogP contribution in [0.3, 0.4) is 0 Å². The fourth-order valence-electron chi connectivity index (χ4n) is 4.94. The number of aromatic amines is 1. The van der Waals surface area contributed by atoms with Crippen LogP contribution in [0.25, 0.3) is 10.9 Å². The van der Waals surface area contributed by atoms with Crippen molar-refractivity contribution in [2.24, 2.45) is 0 Å². The number of rotatable bonds is 6. The van der Waals surface area contributed by atoms with E-state index in [4.69, 9.17) is 14.2 Å². The van der Waals surface area contributed by atoms with Crippen LogP contribution < -0.4 is 14.2 Å². The van der Waals surface area contributed by atoms with Crippen LogP contribution in [-0.4, -0.2) is 37.8 Å². The van der Waals surface area contributed by atoms with E-state index in [1.807, 2.05) is 12.1 Å². The molecule has 1 unspecified atom stereocenters. The first kappa shape index (κ1) is 20.5. The summed E-state index contributed by atoms with van der Waals surface area (Å²) in [7, 11) is 4.95. The zero-order valence-electron chi connectivity index (χ0n) is 18.7. The van der Waals surface area contributed by atoms with Gasteiger partial charge in [0.2, 0.25) is 5.75 Å². The van der Waals surface area contributed by atoms with E-state index in [-0.39, 0.29) is 6.04 Å². The quantitative estimate of drug-likeness (QED) is 0.450. The summed E-state index contributed by atoms with van der Waals surface area (Å²) < 4.78 is 16.7. The fraction of sp³-hybridized carbons (Fsp3) is 0.259. The van der Waals surface area contributed by atoms with E-state index in [1.54, 1.807) is 21.3 Å². The molecule has 164 valence electrons. The van der Waals surface area contributed by atoms with Gasteiger partial charge in [0.05, 0.1) is 27.4 Å². The summed E-state index contributed by atoms with van der Waals surface area (Å²) in [6, 6.07) is 23.6. The van der Waals surface area contributed by atoms with Gasteiger partial charge < -0.3 is 19.2 Å². The number of aromatic nitrogens is 1.